The lowest BCUT2D eigenvalue weighted by Gasteiger charge is -2.06. The fourth-order valence-electron chi connectivity index (χ4n) is 1.62. The predicted octanol–water partition coefficient (Wildman–Crippen LogP) is 1.96. The summed E-state index contributed by atoms with van der Waals surface area (Å²) < 4.78 is 0. The molecule has 0 aliphatic carbocycles. The second kappa shape index (κ2) is 6.48. The van der Waals surface area contributed by atoms with Crippen LogP contribution in [0.15, 0.2) is 18.2 Å². The van der Waals surface area contributed by atoms with Crippen molar-refractivity contribution in [3.05, 3.63) is 33.9 Å². The summed E-state index contributed by atoms with van der Waals surface area (Å²) in [6.07, 6.45) is 0.862. The van der Waals surface area contributed by atoms with E-state index in [1.165, 1.54) is 19.1 Å². The first-order valence-electron chi connectivity index (χ1n) is 5.67. The summed E-state index contributed by atoms with van der Waals surface area (Å²) in [5.41, 5.74) is 0.615. The second-order valence-corrected chi connectivity index (χ2v) is 4.04. The molecule has 1 rings (SSSR count). The van der Waals surface area contributed by atoms with Crippen molar-refractivity contribution in [3.8, 4) is 0 Å². The number of anilines is 1. The monoisotopic (exact) mass is 266 g/mol. The van der Waals surface area contributed by atoms with E-state index in [9.17, 15) is 19.7 Å². The first-order valence-corrected chi connectivity index (χ1v) is 5.67. The molecular weight excluding hydrogens is 252 g/mol. The molecule has 0 spiro atoms. The minimum Gasteiger partial charge on any atom is -0.481 e. The molecule has 102 valence electrons. The SMILES string of the molecule is CC(=O)Nc1ccc(CCCC(=O)O)cc1[N+](=O)[O-]. The van der Waals surface area contributed by atoms with Crippen molar-refractivity contribution in [2.75, 3.05) is 5.32 Å². The van der Waals surface area contributed by atoms with Crippen molar-refractivity contribution >= 4 is 23.3 Å². The number of aryl methyl sites for hydroxylation is 1. The Labute approximate surface area is 109 Å². The molecular formula is C12H14N2O5. The molecule has 1 aromatic rings. The summed E-state index contributed by atoms with van der Waals surface area (Å²) in [7, 11) is 0. The van der Waals surface area contributed by atoms with Crippen molar-refractivity contribution in [1.82, 2.24) is 0 Å². The number of carboxylic acid groups (broad SMARTS) is 1. The smallest absolute Gasteiger partial charge is 0.303 e. The Balaban J connectivity index is 2.86. The van der Waals surface area contributed by atoms with Gasteiger partial charge in [-0.05, 0) is 24.5 Å². The molecule has 0 atom stereocenters. The van der Waals surface area contributed by atoms with Crippen LogP contribution in [0.3, 0.4) is 0 Å². The molecule has 1 aromatic carbocycles. The highest BCUT2D eigenvalue weighted by atomic mass is 16.6. The zero-order valence-corrected chi connectivity index (χ0v) is 10.4. The van der Waals surface area contributed by atoms with Gasteiger partial charge in [-0.3, -0.25) is 19.7 Å². The van der Waals surface area contributed by atoms with Crippen LogP contribution in [0, 0.1) is 10.1 Å². The molecule has 1 amide bonds. The van der Waals surface area contributed by atoms with E-state index in [1.54, 1.807) is 6.07 Å². The Hall–Kier alpha value is -2.44. The normalized spacial score (nSPS) is 9.95. The van der Waals surface area contributed by atoms with Crippen LogP contribution in [-0.4, -0.2) is 21.9 Å². The molecule has 7 nitrogen and oxygen atoms in total. The van der Waals surface area contributed by atoms with Crippen molar-refractivity contribution in [1.29, 1.82) is 0 Å². The van der Waals surface area contributed by atoms with Gasteiger partial charge in [-0.25, -0.2) is 0 Å². The summed E-state index contributed by atoms with van der Waals surface area (Å²) in [6, 6.07) is 4.45. The van der Waals surface area contributed by atoms with E-state index in [2.05, 4.69) is 5.32 Å². The third-order valence-corrected chi connectivity index (χ3v) is 2.43. The number of amides is 1. The van der Waals surface area contributed by atoms with Crippen LogP contribution < -0.4 is 5.32 Å². The van der Waals surface area contributed by atoms with E-state index < -0.39 is 10.9 Å². The Morgan fingerprint density at radius 1 is 1.42 bits per heavy atom. The molecule has 0 unspecified atom stereocenters. The van der Waals surface area contributed by atoms with E-state index in [1.807, 2.05) is 0 Å². The number of carboxylic acids is 1. The second-order valence-electron chi connectivity index (χ2n) is 4.04. The fourth-order valence-corrected chi connectivity index (χ4v) is 1.62. The standard InChI is InChI=1S/C12H14N2O5/c1-8(15)13-10-6-5-9(3-2-4-12(16)17)7-11(10)14(18)19/h5-7H,2-4H2,1H3,(H,13,15)(H,16,17). The summed E-state index contributed by atoms with van der Waals surface area (Å²) >= 11 is 0. The third kappa shape index (κ3) is 4.74. The van der Waals surface area contributed by atoms with Crippen LogP contribution in [0.4, 0.5) is 11.4 Å². The van der Waals surface area contributed by atoms with Gasteiger partial charge in [0, 0.05) is 19.4 Å². The van der Waals surface area contributed by atoms with E-state index >= 15 is 0 Å². The first-order chi connectivity index (χ1) is 8.90. The number of carbonyl (C=O) groups excluding carboxylic acids is 1. The maximum Gasteiger partial charge on any atom is 0.303 e. The Bertz CT molecular complexity index is 513. The quantitative estimate of drug-likeness (QED) is 0.604. The van der Waals surface area contributed by atoms with Gasteiger partial charge in [0.15, 0.2) is 0 Å². The van der Waals surface area contributed by atoms with Gasteiger partial charge in [0.25, 0.3) is 5.69 Å². The molecule has 0 aliphatic heterocycles. The Kier molecular flexibility index (Phi) is 4.99. The molecule has 2 N–H and O–H groups in total. The van der Waals surface area contributed by atoms with Crippen LogP contribution in [0.2, 0.25) is 0 Å². The zero-order valence-electron chi connectivity index (χ0n) is 10.4. The number of hydrogen-bond donors (Lipinski definition) is 2. The summed E-state index contributed by atoms with van der Waals surface area (Å²) in [5, 5.41) is 21.8. The van der Waals surface area contributed by atoms with Gasteiger partial charge >= 0.3 is 5.97 Å². The van der Waals surface area contributed by atoms with Crippen LogP contribution in [0.5, 0.6) is 0 Å². The Morgan fingerprint density at radius 3 is 2.63 bits per heavy atom. The lowest BCUT2D eigenvalue weighted by molar-refractivity contribution is -0.384. The number of benzene rings is 1. The average Bonchev–Trinajstić information content (AvgIpc) is 2.29. The number of nitro groups is 1. The van der Waals surface area contributed by atoms with E-state index in [-0.39, 0.29) is 23.7 Å². The lowest BCUT2D eigenvalue weighted by Crippen LogP contribution is -2.08. The van der Waals surface area contributed by atoms with Gasteiger partial charge in [-0.2, -0.15) is 0 Å². The molecule has 0 radical (unpaired) electrons. The minimum atomic E-state index is -0.899. The van der Waals surface area contributed by atoms with Gasteiger partial charge < -0.3 is 10.4 Å². The number of hydrogen-bond acceptors (Lipinski definition) is 4. The minimum absolute atomic E-state index is 0.0151. The number of nitrogens with zero attached hydrogens (tertiary/aromatic N) is 1. The lowest BCUT2D eigenvalue weighted by atomic mass is 10.1. The van der Waals surface area contributed by atoms with Gasteiger partial charge in [-0.1, -0.05) is 6.07 Å². The summed E-state index contributed by atoms with van der Waals surface area (Å²) in [6.45, 7) is 1.27. The van der Waals surface area contributed by atoms with Crippen molar-refractivity contribution in [3.63, 3.8) is 0 Å². The molecule has 0 bridgehead atoms. The molecule has 0 saturated heterocycles. The summed E-state index contributed by atoms with van der Waals surface area (Å²) in [5.74, 6) is -1.29. The molecule has 0 aromatic heterocycles. The fraction of sp³-hybridized carbons (Fsp3) is 0.333. The maximum atomic E-state index is 10.9. The first kappa shape index (κ1) is 14.6. The molecule has 0 saturated carbocycles. The maximum absolute atomic E-state index is 10.9. The number of nitrogens with one attached hydrogen (secondary N) is 1. The van der Waals surface area contributed by atoms with Crippen LogP contribution in [-0.2, 0) is 16.0 Å². The number of nitro benzene ring substituents is 1. The van der Waals surface area contributed by atoms with Gasteiger partial charge in [0.2, 0.25) is 5.91 Å². The predicted molar refractivity (Wildman–Crippen MR) is 68.0 cm³/mol. The zero-order chi connectivity index (χ0) is 14.4. The van der Waals surface area contributed by atoms with Crippen molar-refractivity contribution in [2.45, 2.75) is 26.2 Å². The molecule has 19 heavy (non-hydrogen) atoms. The van der Waals surface area contributed by atoms with Crippen LogP contribution >= 0.6 is 0 Å². The number of aliphatic carboxylic acids is 1. The highest BCUT2D eigenvalue weighted by Gasteiger charge is 2.15. The van der Waals surface area contributed by atoms with Gasteiger partial charge in [-0.15, -0.1) is 0 Å². The largest absolute Gasteiger partial charge is 0.481 e. The highest BCUT2D eigenvalue weighted by Crippen LogP contribution is 2.26. The number of rotatable bonds is 6. The van der Waals surface area contributed by atoms with Gasteiger partial charge in [0.1, 0.15) is 5.69 Å². The number of carbonyl (C=O) groups is 2. The molecule has 0 aliphatic rings. The topological polar surface area (TPSA) is 110 Å². The van der Waals surface area contributed by atoms with Crippen molar-refractivity contribution in [2.24, 2.45) is 0 Å². The van der Waals surface area contributed by atoms with Crippen LogP contribution in [0.25, 0.3) is 0 Å². The van der Waals surface area contributed by atoms with E-state index in [0.717, 1.165) is 0 Å². The average molecular weight is 266 g/mol. The molecule has 0 heterocycles. The highest BCUT2D eigenvalue weighted by molar-refractivity contribution is 5.91. The summed E-state index contributed by atoms with van der Waals surface area (Å²) in [4.78, 5) is 31.6. The third-order valence-electron chi connectivity index (χ3n) is 2.43. The Morgan fingerprint density at radius 2 is 2.11 bits per heavy atom. The van der Waals surface area contributed by atoms with E-state index in [4.69, 9.17) is 5.11 Å². The van der Waals surface area contributed by atoms with Crippen molar-refractivity contribution < 1.29 is 19.6 Å². The van der Waals surface area contributed by atoms with Gasteiger partial charge in [0.05, 0.1) is 4.92 Å². The van der Waals surface area contributed by atoms with E-state index in [0.29, 0.717) is 18.4 Å². The molecule has 7 heteroatoms. The molecule has 0 fully saturated rings. The van der Waals surface area contributed by atoms with Crippen LogP contribution in [0.1, 0.15) is 25.3 Å².